The lowest BCUT2D eigenvalue weighted by molar-refractivity contribution is -0.145. The Morgan fingerprint density at radius 2 is 2.02 bits per heavy atom. The van der Waals surface area contributed by atoms with E-state index in [1.165, 1.54) is 12.4 Å². The van der Waals surface area contributed by atoms with Crippen LogP contribution in [0.15, 0.2) is 37.1 Å². The molecule has 0 radical (unpaired) electrons. The van der Waals surface area contributed by atoms with Gasteiger partial charge in [-0.05, 0) is 38.7 Å². The number of H-pyrrole nitrogens is 1. The first-order valence-corrected chi connectivity index (χ1v) is 14.6. The Morgan fingerprint density at radius 1 is 1.23 bits per heavy atom. The summed E-state index contributed by atoms with van der Waals surface area (Å²) >= 11 is 0. The standard InChI is InChI=1S/C29H33F3N10O2/c1-18(43)11-34-13-20-10-24(40-27(39-20)29(30,31)32)44-22-4-2-21(3-5-22)41-15-28(16-41,7-8-33)42-14-19(12-38-42)25-23-6-9-35-26(23)37-17-36-25/h6,9-10,12,14,17-18,21-22,34,43H,2-5,7,11,13,15-16H2,1H3,(H,35,36,37)/t18-,21-,22+/m1/s1. The van der Waals surface area contributed by atoms with E-state index in [0.717, 1.165) is 35.1 Å². The molecule has 44 heavy (non-hydrogen) atoms. The van der Waals surface area contributed by atoms with Crippen LogP contribution in [0.1, 0.15) is 50.5 Å². The average molecular weight is 611 g/mol. The Labute approximate surface area is 251 Å². The van der Waals surface area contributed by atoms with E-state index in [-0.39, 0.29) is 36.8 Å². The third-order valence-electron chi connectivity index (χ3n) is 8.30. The van der Waals surface area contributed by atoms with E-state index < -0.39 is 23.6 Å². The van der Waals surface area contributed by atoms with E-state index in [2.05, 4.69) is 46.3 Å². The number of alkyl halides is 3. The van der Waals surface area contributed by atoms with Crippen molar-refractivity contribution in [3.05, 3.63) is 48.6 Å². The number of aromatic nitrogens is 7. The summed E-state index contributed by atoms with van der Waals surface area (Å²) in [5, 5.41) is 27.5. The van der Waals surface area contributed by atoms with Crippen LogP contribution in [0, 0.1) is 11.3 Å². The fourth-order valence-corrected chi connectivity index (χ4v) is 6.12. The second-order valence-electron chi connectivity index (χ2n) is 11.6. The molecule has 1 aliphatic heterocycles. The lowest BCUT2D eigenvalue weighted by Gasteiger charge is -2.53. The number of ether oxygens (including phenoxy) is 1. The zero-order chi connectivity index (χ0) is 30.9. The molecule has 1 saturated heterocycles. The van der Waals surface area contributed by atoms with Crippen molar-refractivity contribution in [1.29, 1.82) is 5.26 Å². The van der Waals surface area contributed by atoms with Crippen molar-refractivity contribution in [1.82, 2.24) is 44.9 Å². The minimum Gasteiger partial charge on any atom is -0.474 e. The number of nitriles is 1. The predicted molar refractivity (Wildman–Crippen MR) is 152 cm³/mol. The molecule has 0 amide bonds. The molecular formula is C29H33F3N10O2. The molecule has 4 aromatic heterocycles. The Balaban J connectivity index is 1.07. The minimum absolute atomic E-state index is 0.0479. The number of rotatable bonds is 10. The van der Waals surface area contributed by atoms with E-state index in [4.69, 9.17) is 4.74 Å². The molecule has 0 spiro atoms. The highest BCUT2D eigenvalue weighted by molar-refractivity contribution is 5.90. The van der Waals surface area contributed by atoms with E-state index in [9.17, 15) is 23.5 Å². The predicted octanol–water partition coefficient (Wildman–Crippen LogP) is 3.42. The smallest absolute Gasteiger partial charge is 0.451 e. The Morgan fingerprint density at radius 3 is 2.75 bits per heavy atom. The van der Waals surface area contributed by atoms with E-state index in [1.54, 1.807) is 13.1 Å². The first-order valence-electron chi connectivity index (χ1n) is 14.6. The number of fused-ring (bicyclic) bond motifs is 1. The second-order valence-corrected chi connectivity index (χ2v) is 11.6. The van der Waals surface area contributed by atoms with Gasteiger partial charge in [0.25, 0.3) is 0 Å². The van der Waals surface area contributed by atoms with Crippen LogP contribution in [0.2, 0.25) is 0 Å². The SMILES string of the molecule is C[C@@H](O)CNCc1cc(O[C@H]2CC[C@@H](N3CC(CC#N)(n4cc(-c5ncnc6[nH]ccc56)cn4)C3)CC2)nc(C(F)(F)F)n1. The van der Waals surface area contributed by atoms with Crippen LogP contribution >= 0.6 is 0 Å². The van der Waals surface area contributed by atoms with Crippen molar-refractivity contribution < 1.29 is 23.0 Å². The summed E-state index contributed by atoms with van der Waals surface area (Å²) in [6, 6.07) is 5.95. The van der Waals surface area contributed by atoms with E-state index in [1.807, 2.05) is 23.1 Å². The molecule has 2 aliphatic rings. The maximum absolute atomic E-state index is 13.5. The molecular weight excluding hydrogens is 577 g/mol. The van der Waals surface area contributed by atoms with Gasteiger partial charge in [0.15, 0.2) is 0 Å². The van der Waals surface area contributed by atoms with Crippen LogP contribution in [0.5, 0.6) is 5.88 Å². The van der Waals surface area contributed by atoms with Crippen LogP contribution in [0.3, 0.4) is 0 Å². The Kier molecular flexibility index (Phi) is 8.23. The lowest BCUT2D eigenvalue weighted by atomic mass is 9.82. The molecule has 1 saturated carbocycles. The maximum Gasteiger partial charge on any atom is 0.451 e. The number of aliphatic hydroxyl groups excluding tert-OH is 1. The molecule has 232 valence electrons. The fraction of sp³-hybridized carbons (Fsp3) is 0.517. The highest BCUT2D eigenvalue weighted by Crippen LogP contribution is 2.39. The first kappa shape index (κ1) is 29.9. The molecule has 15 heteroatoms. The zero-order valence-electron chi connectivity index (χ0n) is 24.1. The highest BCUT2D eigenvalue weighted by Gasteiger charge is 2.48. The van der Waals surface area contributed by atoms with Gasteiger partial charge in [0.1, 0.15) is 23.6 Å². The van der Waals surface area contributed by atoms with Crippen molar-refractivity contribution in [3.63, 3.8) is 0 Å². The van der Waals surface area contributed by atoms with Crippen LogP contribution < -0.4 is 10.1 Å². The van der Waals surface area contributed by atoms with Gasteiger partial charge in [-0.15, -0.1) is 0 Å². The summed E-state index contributed by atoms with van der Waals surface area (Å²) in [5.74, 6) is -1.34. The molecule has 6 rings (SSSR count). The van der Waals surface area contributed by atoms with Gasteiger partial charge in [-0.3, -0.25) is 9.58 Å². The number of nitrogens with one attached hydrogen (secondary N) is 2. The third-order valence-corrected chi connectivity index (χ3v) is 8.30. The number of hydrogen-bond donors (Lipinski definition) is 3. The topological polar surface area (TPSA) is 154 Å². The lowest BCUT2D eigenvalue weighted by Crippen LogP contribution is -2.65. The quantitative estimate of drug-likeness (QED) is 0.243. The largest absolute Gasteiger partial charge is 0.474 e. The summed E-state index contributed by atoms with van der Waals surface area (Å²) in [7, 11) is 0. The number of likely N-dealkylation sites (tertiary alicyclic amines) is 1. The number of nitrogens with zero attached hydrogens (tertiary/aromatic N) is 8. The highest BCUT2D eigenvalue weighted by atomic mass is 19.4. The average Bonchev–Trinajstić information content (AvgIpc) is 3.65. The van der Waals surface area contributed by atoms with Gasteiger partial charge in [-0.2, -0.15) is 28.5 Å². The van der Waals surface area contributed by atoms with Crippen LogP contribution in [-0.2, 0) is 18.3 Å². The van der Waals surface area contributed by atoms with Gasteiger partial charge >= 0.3 is 6.18 Å². The molecule has 1 atom stereocenters. The number of halogens is 3. The molecule has 0 unspecified atom stereocenters. The van der Waals surface area contributed by atoms with Gasteiger partial charge < -0.3 is 20.1 Å². The Hall–Kier alpha value is -4.13. The summed E-state index contributed by atoms with van der Waals surface area (Å²) in [5.41, 5.74) is 2.07. The molecule has 2 fully saturated rings. The summed E-state index contributed by atoms with van der Waals surface area (Å²) < 4.78 is 48.2. The van der Waals surface area contributed by atoms with Gasteiger partial charge in [-0.1, -0.05) is 0 Å². The molecule has 5 heterocycles. The van der Waals surface area contributed by atoms with Gasteiger partial charge in [0.2, 0.25) is 11.7 Å². The molecule has 0 bridgehead atoms. The molecule has 3 N–H and O–H groups in total. The van der Waals surface area contributed by atoms with Crippen molar-refractivity contribution >= 4 is 11.0 Å². The first-order chi connectivity index (χ1) is 21.1. The van der Waals surface area contributed by atoms with Crippen LogP contribution in [-0.4, -0.2) is 82.6 Å². The molecule has 4 aromatic rings. The monoisotopic (exact) mass is 610 g/mol. The van der Waals surface area contributed by atoms with Crippen molar-refractivity contribution in [2.45, 2.75) is 75.5 Å². The van der Waals surface area contributed by atoms with Crippen LogP contribution in [0.4, 0.5) is 13.2 Å². The summed E-state index contributed by atoms with van der Waals surface area (Å²) in [6.45, 7) is 3.19. The normalized spacial score (nSPS) is 21.1. The van der Waals surface area contributed by atoms with Gasteiger partial charge in [0, 0.05) is 61.6 Å². The van der Waals surface area contributed by atoms with Crippen molar-refractivity contribution in [2.75, 3.05) is 19.6 Å². The molecule has 12 nitrogen and oxygen atoms in total. The van der Waals surface area contributed by atoms with Crippen molar-refractivity contribution in [3.8, 4) is 23.2 Å². The molecule has 0 aromatic carbocycles. The van der Waals surface area contributed by atoms with Gasteiger partial charge in [-0.25, -0.2) is 15.0 Å². The number of hydrogen-bond acceptors (Lipinski definition) is 10. The number of aliphatic hydroxyl groups is 1. The number of aromatic amines is 1. The second kappa shape index (κ2) is 12.1. The van der Waals surface area contributed by atoms with E-state index in [0.29, 0.717) is 32.4 Å². The van der Waals surface area contributed by atoms with Crippen LogP contribution in [0.25, 0.3) is 22.3 Å². The zero-order valence-corrected chi connectivity index (χ0v) is 24.1. The maximum atomic E-state index is 13.5. The third kappa shape index (κ3) is 6.23. The molecule has 1 aliphatic carbocycles. The van der Waals surface area contributed by atoms with E-state index >= 15 is 0 Å². The minimum atomic E-state index is -4.71. The van der Waals surface area contributed by atoms with Gasteiger partial charge in [0.05, 0.1) is 36.2 Å². The fourth-order valence-electron chi connectivity index (χ4n) is 6.12. The summed E-state index contributed by atoms with van der Waals surface area (Å²) in [6.07, 6.45) is 4.70. The summed E-state index contributed by atoms with van der Waals surface area (Å²) in [4.78, 5) is 21.4. The van der Waals surface area contributed by atoms with Crippen molar-refractivity contribution in [2.24, 2.45) is 0 Å². The Bertz CT molecular complexity index is 1630.